The van der Waals surface area contributed by atoms with Crippen molar-refractivity contribution in [2.75, 3.05) is 13.6 Å². The molecule has 5 heteroatoms. The van der Waals surface area contributed by atoms with Gasteiger partial charge in [0.25, 0.3) is 5.91 Å². The minimum Gasteiger partial charge on any atom is -0.393 e. The summed E-state index contributed by atoms with van der Waals surface area (Å²) in [6.45, 7) is 2.33. The molecule has 1 aliphatic carbocycles. The Hall–Kier alpha value is -1.59. The molecule has 1 aliphatic rings. The molecule has 0 saturated carbocycles. The quantitative estimate of drug-likeness (QED) is 0.921. The summed E-state index contributed by atoms with van der Waals surface area (Å²) < 4.78 is 2.04. The van der Waals surface area contributed by atoms with Crippen LogP contribution in [0.2, 0.25) is 0 Å². The smallest absolute Gasteiger partial charge is 0.256 e. The molecule has 3 rings (SSSR count). The van der Waals surface area contributed by atoms with Crippen molar-refractivity contribution < 1.29 is 9.90 Å². The average molecular weight is 318 g/mol. The van der Waals surface area contributed by atoms with Crippen LogP contribution in [-0.2, 0) is 12.8 Å². The Morgan fingerprint density at radius 3 is 2.82 bits per heavy atom. The third-order valence-electron chi connectivity index (χ3n) is 4.18. The first-order valence-electron chi connectivity index (χ1n) is 7.79. The van der Waals surface area contributed by atoms with Crippen molar-refractivity contribution in [1.82, 2.24) is 9.47 Å². The number of aryl methyl sites for hydroxylation is 1. The van der Waals surface area contributed by atoms with E-state index < -0.39 is 0 Å². The number of aromatic nitrogens is 1. The second-order valence-corrected chi connectivity index (χ2v) is 7.08. The first-order valence-corrected chi connectivity index (χ1v) is 8.61. The lowest BCUT2D eigenvalue weighted by Gasteiger charge is -2.19. The zero-order chi connectivity index (χ0) is 15.7. The molecule has 0 bridgehead atoms. The predicted molar refractivity (Wildman–Crippen MR) is 88.9 cm³/mol. The van der Waals surface area contributed by atoms with E-state index in [9.17, 15) is 9.90 Å². The number of aliphatic hydroxyl groups excluding tert-OH is 1. The molecule has 0 saturated heterocycles. The van der Waals surface area contributed by atoms with E-state index >= 15 is 0 Å². The molecule has 0 radical (unpaired) electrons. The molecule has 0 spiro atoms. The van der Waals surface area contributed by atoms with Gasteiger partial charge < -0.3 is 14.6 Å². The number of aliphatic hydroxyl groups is 1. The standard InChI is InChI=1S/C17H22N2O2S/c1-12(20)8-11-18(2)16(21)15-13-6-5-7-14(13)22-17(15)19-9-3-4-10-19/h3-4,9-10,12,20H,5-8,11H2,1-2H3. The molecular weight excluding hydrogens is 296 g/mol. The molecule has 1 amide bonds. The second kappa shape index (κ2) is 6.26. The summed E-state index contributed by atoms with van der Waals surface area (Å²) in [6.07, 6.45) is 7.43. The van der Waals surface area contributed by atoms with Gasteiger partial charge in [-0.25, -0.2) is 0 Å². The lowest BCUT2D eigenvalue weighted by atomic mass is 10.1. The lowest BCUT2D eigenvalue weighted by molar-refractivity contribution is 0.0768. The molecule has 2 aromatic heterocycles. The molecule has 1 atom stereocenters. The van der Waals surface area contributed by atoms with Crippen LogP contribution in [0.25, 0.3) is 5.00 Å². The maximum absolute atomic E-state index is 12.9. The van der Waals surface area contributed by atoms with Crippen LogP contribution in [0, 0.1) is 0 Å². The van der Waals surface area contributed by atoms with Gasteiger partial charge in [0.05, 0.1) is 11.7 Å². The maximum Gasteiger partial charge on any atom is 0.256 e. The molecule has 1 N–H and O–H groups in total. The van der Waals surface area contributed by atoms with Crippen molar-refractivity contribution >= 4 is 17.2 Å². The Morgan fingerprint density at radius 2 is 2.14 bits per heavy atom. The highest BCUT2D eigenvalue weighted by Crippen LogP contribution is 2.38. The zero-order valence-electron chi connectivity index (χ0n) is 13.1. The van der Waals surface area contributed by atoms with E-state index in [2.05, 4.69) is 0 Å². The van der Waals surface area contributed by atoms with Crippen LogP contribution in [0.15, 0.2) is 24.5 Å². The van der Waals surface area contributed by atoms with Crippen LogP contribution in [0.1, 0.15) is 40.6 Å². The maximum atomic E-state index is 12.9. The van der Waals surface area contributed by atoms with Gasteiger partial charge in [0, 0.05) is 30.9 Å². The fraction of sp³-hybridized carbons (Fsp3) is 0.471. The Balaban J connectivity index is 1.93. The number of nitrogens with zero attached hydrogens (tertiary/aromatic N) is 2. The number of rotatable bonds is 5. The highest BCUT2D eigenvalue weighted by atomic mass is 32.1. The SMILES string of the molecule is CC(O)CCN(C)C(=O)c1c(-n2cccc2)sc2c1CCC2. The summed E-state index contributed by atoms with van der Waals surface area (Å²) in [6, 6.07) is 3.96. The van der Waals surface area contributed by atoms with Crippen molar-refractivity contribution in [3.05, 3.63) is 40.5 Å². The third kappa shape index (κ3) is 2.83. The first-order chi connectivity index (χ1) is 10.6. The largest absolute Gasteiger partial charge is 0.393 e. The van der Waals surface area contributed by atoms with Crippen molar-refractivity contribution in [3.63, 3.8) is 0 Å². The molecule has 0 aliphatic heterocycles. The molecular formula is C17H22N2O2S. The number of carbonyl (C=O) groups is 1. The van der Waals surface area contributed by atoms with Gasteiger partial charge >= 0.3 is 0 Å². The second-order valence-electron chi connectivity index (χ2n) is 5.99. The van der Waals surface area contributed by atoms with E-state index in [4.69, 9.17) is 0 Å². The van der Waals surface area contributed by atoms with Crippen LogP contribution in [-0.4, -0.2) is 40.2 Å². The van der Waals surface area contributed by atoms with Crippen molar-refractivity contribution in [1.29, 1.82) is 0 Å². The third-order valence-corrected chi connectivity index (χ3v) is 5.49. The van der Waals surface area contributed by atoms with Crippen LogP contribution >= 0.6 is 11.3 Å². The van der Waals surface area contributed by atoms with Crippen LogP contribution in [0.5, 0.6) is 0 Å². The van der Waals surface area contributed by atoms with E-state index in [0.29, 0.717) is 13.0 Å². The van der Waals surface area contributed by atoms with E-state index in [1.54, 1.807) is 23.2 Å². The molecule has 4 nitrogen and oxygen atoms in total. The van der Waals surface area contributed by atoms with Crippen LogP contribution in [0.4, 0.5) is 0 Å². The summed E-state index contributed by atoms with van der Waals surface area (Å²) >= 11 is 1.74. The molecule has 1 unspecified atom stereocenters. The fourth-order valence-electron chi connectivity index (χ4n) is 2.94. The van der Waals surface area contributed by atoms with Gasteiger partial charge in [-0.15, -0.1) is 11.3 Å². The number of carbonyl (C=O) groups excluding carboxylic acids is 1. The molecule has 2 heterocycles. The fourth-order valence-corrected chi connectivity index (χ4v) is 4.28. The van der Waals surface area contributed by atoms with Gasteiger partial charge in [-0.3, -0.25) is 4.79 Å². The number of hydrogen-bond acceptors (Lipinski definition) is 3. The predicted octanol–water partition coefficient (Wildman–Crippen LogP) is 2.87. The van der Waals surface area contributed by atoms with Crippen molar-refractivity contribution in [3.8, 4) is 5.00 Å². The normalized spacial score (nSPS) is 14.9. The topological polar surface area (TPSA) is 45.5 Å². The number of thiophene rings is 1. The summed E-state index contributed by atoms with van der Waals surface area (Å²) in [5.74, 6) is 0.0729. The molecule has 2 aromatic rings. The van der Waals surface area contributed by atoms with Crippen LogP contribution in [0.3, 0.4) is 0 Å². The van der Waals surface area contributed by atoms with E-state index in [1.807, 2.05) is 36.1 Å². The molecule has 0 fully saturated rings. The summed E-state index contributed by atoms with van der Waals surface area (Å²) in [5, 5.41) is 10.5. The van der Waals surface area contributed by atoms with Gasteiger partial charge in [0.1, 0.15) is 5.00 Å². The minimum atomic E-state index is -0.382. The zero-order valence-corrected chi connectivity index (χ0v) is 13.9. The Bertz CT molecular complexity index is 659. The van der Waals surface area contributed by atoms with Gasteiger partial charge in [-0.2, -0.15) is 0 Å². The average Bonchev–Trinajstić information content (AvgIpc) is 3.18. The Morgan fingerprint density at radius 1 is 1.41 bits per heavy atom. The Kier molecular flexibility index (Phi) is 4.36. The highest BCUT2D eigenvalue weighted by molar-refractivity contribution is 7.15. The van der Waals surface area contributed by atoms with Gasteiger partial charge in [-0.05, 0) is 50.3 Å². The highest BCUT2D eigenvalue weighted by Gasteiger charge is 2.28. The molecule has 22 heavy (non-hydrogen) atoms. The van der Waals surface area contributed by atoms with Gasteiger partial charge in [-0.1, -0.05) is 0 Å². The van der Waals surface area contributed by atoms with E-state index in [0.717, 1.165) is 29.8 Å². The number of hydrogen-bond donors (Lipinski definition) is 1. The first kappa shape index (κ1) is 15.3. The molecule has 0 aromatic carbocycles. The summed E-state index contributed by atoms with van der Waals surface area (Å²) in [5.41, 5.74) is 2.10. The van der Waals surface area contributed by atoms with Crippen molar-refractivity contribution in [2.24, 2.45) is 0 Å². The van der Waals surface area contributed by atoms with Gasteiger partial charge in [0.2, 0.25) is 0 Å². The van der Waals surface area contributed by atoms with E-state index in [-0.39, 0.29) is 12.0 Å². The summed E-state index contributed by atoms with van der Waals surface area (Å²) in [4.78, 5) is 16.0. The monoisotopic (exact) mass is 318 g/mol. The lowest BCUT2D eigenvalue weighted by Crippen LogP contribution is -2.30. The van der Waals surface area contributed by atoms with Gasteiger partial charge in [0.15, 0.2) is 0 Å². The minimum absolute atomic E-state index is 0.0729. The Labute approximate surface area is 135 Å². The number of amides is 1. The van der Waals surface area contributed by atoms with Crippen LogP contribution < -0.4 is 0 Å². The van der Waals surface area contributed by atoms with Crippen molar-refractivity contribution in [2.45, 2.75) is 38.7 Å². The van der Waals surface area contributed by atoms with E-state index in [1.165, 1.54) is 10.4 Å². The number of fused-ring (bicyclic) bond motifs is 1. The summed E-state index contributed by atoms with van der Waals surface area (Å²) in [7, 11) is 1.82. The molecule has 118 valence electrons.